The van der Waals surface area contributed by atoms with Gasteiger partial charge in [0.1, 0.15) is 0 Å². The van der Waals surface area contributed by atoms with Crippen LogP contribution < -0.4 is 10.0 Å². The number of hydrogen-bond donors (Lipinski definition) is 2. The van der Waals surface area contributed by atoms with Crippen LogP contribution in [0.4, 0.5) is 0 Å². The summed E-state index contributed by atoms with van der Waals surface area (Å²) in [6.45, 7) is 4.14. The summed E-state index contributed by atoms with van der Waals surface area (Å²) < 4.78 is 26.0. The van der Waals surface area contributed by atoms with Crippen LogP contribution in [0.3, 0.4) is 0 Å². The lowest BCUT2D eigenvalue weighted by Crippen LogP contribution is -2.34. The molecule has 0 saturated carbocycles. The molecule has 4 nitrogen and oxygen atoms in total. The second kappa shape index (κ2) is 10.2. The third-order valence-corrected chi connectivity index (χ3v) is 3.94. The summed E-state index contributed by atoms with van der Waals surface area (Å²) in [7, 11) is -3.16. The van der Waals surface area contributed by atoms with Crippen LogP contribution in [0.5, 0.6) is 0 Å². The third kappa shape index (κ3) is 8.99. The van der Waals surface area contributed by atoms with E-state index in [1.54, 1.807) is 0 Å². The lowest BCUT2D eigenvalue weighted by atomic mass is 10.2. The van der Waals surface area contributed by atoms with Gasteiger partial charge < -0.3 is 5.32 Å². The van der Waals surface area contributed by atoms with E-state index < -0.39 is 10.0 Å². The van der Waals surface area contributed by atoms with Gasteiger partial charge >= 0.3 is 0 Å². The van der Waals surface area contributed by atoms with Gasteiger partial charge in [-0.3, -0.25) is 0 Å². The molecule has 0 amide bonds. The van der Waals surface area contributed by atoms with Crippen LogP contribution >= 0.6 is 12.4 Å². The van der Waals surface area contributed by atoms with Gasteiger partial charge in [-0.2, -0.15) is 0 Å². The zero-order valence-electron chi connectivity index (χ0n) is 11.3. The van der Waals surface area contributed by atoms with Crippen molar-refractivity contribution in [3.8, 4) is 0 Å². The van der Waals surface area contributed by atoms with Gasteiger partial charge in [0.25, 0.3) is 0 Å². The van der Waals surface area contributed by atoms with Gasteiger partial charge in [-0.15, -0.1) is 12.4 Å². The Kier molecular flexibility index (Phi) is 9.87. The zero-order valence-corrected chi connectivity index (χ0v) is 12.9. The first-order chi connectivity index (χ1) is 8.64. The van der Waals surface area contributed by atoms with E-state index in [2.05, 4.69) is 17.0 Å². The number of hydrogen-bond acceptors (Lipinski definition) is 3. The average molecular weight is 307 g/mol. The summed E-state index contributed by atoms with van der Waals surface area (Å²) in [5.41, 5.74) is 1.05. The van der Waals surface area contributed by atoms with E-state index in [1.165, 1.54) is 0 Å². The van der Waals surface area contributed by atoms with Crippen LogP contribution in [0.15, 0.2) is 30.3 Å². The first kappa shape index (κ1) is 18.4. The first-order valence-electron chi connectivity index (χ1n) is 6.36. The van der Waals surface area contributed by atoms with E-state index in [0.717, 1.165) is 18.5 Å². The summed E-state index contributed by atoms with van der Waals surface area (Å²) in [6.07, 6.45) is 1.61. The van der Waals surface area contributed by atoms with Crippen molar-refractivity contribution < 1.29 is 8.42 Å². The molecule has 0 unspecified atom stereocenters. The summed E-state index contributed by atoms with van der Waals surface area (Å²) >= 11 is 0. The van der Waals surface area contributed by atoms with Gasteiger partial charge in [0.2, 0.25) is 10.0 Å². The van der Waals surface area contributed by atoms with Gasteiger partial charge in [-0.25, -0.2) is 13.1 Å². The molecule has 0 heterocycles. The highest BCUT2D eigenvalue weighted by Gasteiger charge is 2.09. The van der Waals surface area contributed by atoms with Crippen LogP contribution in [0.1, 0.15) is 18.9 Å². The van der Waals surface area contributed by atoms with Crippen molar-refractivity contribution in [2.75, 3.05) is 25.4 Å². The Morgan fingerprint density at radius 2 is 1.74 bits per heavy atom. The Morgan fingerprint density at radius 1 is 1.05 bits per heavy atom. The maximum absolute atomic E-state index is 11.7. The molecule has 0 saturated heterocycles. The minimum atomic E-state index is -3.16. The van der Waals surface area contributed by atoms with E-state index in [0.29, 0.717) is 19.5 Å². The highest BCUT2D eigenvalue weighted by Crippen LogP contribution is 2.01. The van der Waals surface area contributed by atoms with Crippen molar-refractivity contribution in [3.63, 3.8) is 0 Å². The van der Waals surface area contributed by atoms with Crippen LogP contribution in [0.2, 0.25) is 0 Å². The molecule has 0 aliphatic heterocycles. The Balaban J connectivity index is 0.00000324. The van der Waals surface area contributed by atoms with Crippen LogP contribution in [-0.4, -0.2) is 33.8 Å². The van der Waals surface area contributed by atoms with E-state index in [-0.39, 0.29) is 18.2 Å². The lowest BCUT2D eigenvalue weighted by molar-refractivity contribution is 0.575. The predicted molar refractivity (Wildman–Crippen MR) is 82.3 cm³/mol. The first-order valence-corrected chi connectivity index (χ1v) is 8.01. The Bertz CT molecular complexity index is 424. The van der Waals surface area contributed by atoms with Crippen molar-refractivity contribution >= 4 is 22.4 Å². The highest BCUT2D eigenvalue weighted by atomic mass is 35.5. The SMILES string of the molecule is CCCNCCNS(=O)(=O)CCc1ccccc1.Cl. The fraction of sp³-hybridized carbons (Fsp3) is 0.538. The maximum Gasteiger partial charge on any atom is 0.211 e. The largest absolute Gasteiger partial charge is 0.315 e. The molecule has 19 heavy (non-hydrogen) atoms. The van der Waals surface area contributed by atoms with Gasteiger partial charge in [0.15, 0.2) is 0 Å². The molecule has 0 aromatic heterocycles. The van der Waals surface area contributed by atoms with E-state index in [1.807, 2.05) is 30.3 Å². The third-order valence-electron chi connectivity index (χ3n) is 2.55. The summed E-state index contributed by atoms with van der Waals surface area (Å²) in [5.74, 6) is 0.144. The molecule has 1 aromatic carbocycles. The van der Waals surface area contributed by atoms with Gasteiger partial charge in [-0.05, 0) is 24.9 Å². The molecular formula is C13H23ClN2O2S. The molecule has 6 heteroatoms. The minimum absolute atomic E-state index is 0. The molecule has 1 aromatic rings. The molecule has 0 aliphatic carbocycles. The van der Waals surface area contributed by atoms with Gasteiger partial charge in [0.05, 0.1) is 5.75 Å². The van der Waals surface area contributed by atoms with E-state index in [9.17, 15) is 8.42 Å². The standard InChI is InChI=1S/C13H22N2O2S.ClH/c1-2-9-14-10-11-15-18(16,17)12-8-13-6-4-3-5-7-13;/h3-7,14-15H,2,8-12H2,1H3;1H. The molecule has 0 atom stereocenters. The van der Waals surface area contributed by atoms with Crippen molar-refractivity contribution in [1.29, 1.82) is 0 Å². The highest BCUT2D eigenvalue weighted by molar-refractivity contribution is 7.89. The van der Waals surface area contributed by atoms with Crippen LogP contribution in [-0.2, 0) is 16.4 Å². The fourth-order valence-electron chi connectivity index (χ4n) is 1.57. The molecule has 110 valence electrons. The summed E-state index contributed by atoms with van der Waals surface area (Å²) in [6, 6.07) is 9.65. The predicted octanol–water partition coefficient (Wildman–Crippen LogP) is 1.57. The molecule has 0 aliphatic rings. The molecule has 0 fully saturated rings. The molecule has 2 N–H and O–H groups in total. The van der Waals surface area contributed by atoms with E-state index in [4.69, 9.17) is 0 Å². The van der Waals surface area contributed by atoms with Crippen LogP contribution in [0, 0.1) is 0 Å². The lowest BCUT2D eigenvalue weighted by Gasteiger charge is -2.07. The van der Waals surface area contributed by atoms with Crippen molar-refractivity contribution in [2.45, 2.75) is 19.8 Å². The Hall–Kier alpha value is -0.620. The van der Waals surface area contributed by atoms with E-state index >= 15 is 0 Å². The number of nitrogens with one attached hydrogen (secondary N) is 2. The number of benzene rings is 1. The molecule has 0 bridgehead atoms. The number of aryl methyl sites for hydroxylation is 1. The minimum Gasteiger partial charge on any atom is -0.315 e. The summed E-state index contributed by atoms with van der Waals surface area (Å²) in [5, 5.41) is 3.15. The Morgan fingerprint density at radius 3 is 2.37 bits per heavy atom. The quantitative estimate of drug-likeness (QED) is 0.681. The number of halogens is 1. The topological polar surface area (TPSA) is 58.2 Å². The van der Waals surface area contributed by atoms with Crippen molar-refractivity contribution in [2.24, 2.45) is 0 Å². The molecule has 1 rings (SSSR count). The Labute approximate surface area is 122 Å². The fourth-order valence-corrected chi connectivity index (χ4v) is 2.63. The van der Waals surface area contributed by atoms with Gasteiger partial charge in [0, 0.05) is 13.1 Å². The zero-order chi connectivity index (χ0) is 13.3. The smallest absolute Gasteiger partial charge is 0.211 e. The number of sulfonamides is 1. The second-order valence-corrected chi connectivity index (χ2v) is 6.13. The average Bonchev–Trinajstić information content (AvgIpc) is 2.38. The normalized spacial score (nSPS) is 11.0. The molecule has 0 radical (unpaired) electrons. The second-order valence-electron chi connectivity index (χ2n) is 4.20. The van der Waals surface area contributed by atoms with Crippen molar-refractivity contribution in [1.82, 2.24) is 10.0 Å². The van der Waals surface area contributed by atoms with Crippen molar-refractivity contribution in [3.05, 3.63) is 35.9 Å². The monoisotopic (exact) mass is 306 g/mol. The molecule has 0 spiro atoms. The number of rotatable bonds is 9. The maximum atomic E-state index is 11.7. The van der Waals surface area contributed by atoms with Gasteiger partial charge in [-0.1, -0.05) is 37.3 Å². The molecular weight excluding hydrogens is 284 g/mol. The van der Waals surface area contributed by atoms with Crippen LogP contribution in [0.25, 0.3) is 0 Å². The summed E-state index contributed by atoms with van der Waals surface area (Å²) in [4.78, 5) is 0.